The summed E-state index contributed by atoms with van der Waals surface area (Å²) in [6, 6.07) is 5.12. The van der Waals surface area contributed by atoms with E-state index in [1.54, 1.807) is 25.1 Å². The smallest absolute Gasteiger partial charge is 0.310 e. The highest BCUT2D eigenvalue weighted by Crippen LogP contribution is 2.39. The highest BCUT2D eigenvalue weighted by atomic mass is 35.5. The summed E-state index contributed by atoms with van der Waals surface area (Å²) in [5, 5.41) is 1.00. The molecule has 3 nitrogen and oxygen atoms in total. The van der Waals surface area contributed by atoms with E-state index in [1.165, 1.54) is 0 Å². The number of hydrogen-bond acceptors (Lipinski definition) is 3. The lowest BCUT2D eigenvalue weighted by Gasteiger charge is -2.33. The average molecular weight is 317 g/mol. The molecule has 0 N–H and O–H groups in total. The first-order chi connectivity index (χ1) is 9.34. The molecule has 0 heterocycles. The van der Waals surface area contributed by atoms with Gasteiger partial charge in [0.05, 0.1) is 12.5 Å². The minimum Gasteiger partial charge on any atom is -0.466 e. The van der Waals surface area contributed by atoms with Crippen molar-refractivity contribution in [3.05, 3.63) is 33.8 Å². The van der Waals surface area contributed by atoms with Gasteiger partial charge < -0.3 is 9.53 Å². The van der Waals surface area contributed by atoms with Gasteiger partial charge in [-0.25, -0.2) is 0 Å². The average Bonchev–Trinajstić information content (AvgIpc) is 2.35. The Labute approximate surface area is 129 Å². The van der Waals surface area contributed by atoms with Gasteiger partial charge in [-0.1, -0.05) is 43.1 Å². The van der Waals surface area contributed by atoms with Crippen LogP contribution in [0.15, 0.2) is 18.2 Å². The molecule has 0 saturated heterocycles. The molecule has 0 aliphatic rings. The minimum absolute atomic E-state index is 0.0881. The molecule has 0 amide bonds. The zero-order chi connectivity index (χ0) is 15.3. The lowest BCUT2D eigenvalue weighted by atomic mass is 9.72. The third kappa shape index (κ3) is 3.74. The molecule has 20 heavy (non-hydrogen) atoms. The highest BCUT2D eigenvalue weighted by Gasteiger charge is 2.38. The number of ether oxygens (including phenoxy) is 1. The molecule has 1 rings (SSSR count). The van der Waals surface area contributed by atoms with Crippen molar-refractivity contribution in [2.24, 2.45) is 5.92 Å². The summed E-state index contributed by atoms with van der Waals surface area (Å²) in [4.78, 5) is 23.0. The van der Waals surface area contributed by atoms with E-state index in [-0.39, 0.29) is 13.0 Å². The zero-order valence-electron chi connectivity index (χ0n) is 11.8. The Hall–Kier alpha value is -1.06. The van der Waals surface area contributed by atoms with Gasteiger partial charge in [0.15, 0.2) is 0 Å². The summed E-state index contributed by atoms with van der Waals surface area (Å²) in [6.07, 6.45) is 0.817. The van der Waals surface area contributed by atoms with E-state index in [1.807, 2.05) is 13.8 Å². The maximum Gasteiger partial charge on any atom is 0.310 e. The fourth-order valence-corrected chi connectivity index (χ4v) is 2.88. The van der Waals surface area contributed by atoms with Crippen LogP contribution in [0, 0.1) is 5.92 Å². The normalized spacial score (nSPS) is 12.8. The van der Waals surface area contributed by atoms with Crippen molar-refractivity contribution in [3.63, 3.8) is 0 Å². The Morgan fingerprint density at radius 1 is 1.40 bits per heavy atom. The summed E-state index contributed by atoms with van der Waals surface area (Å²) in [5.41, 5.74) is 0.137. The van der Waals surface area contributed by atoms with Crippen molar-refractivity contribution in [3.8, 4) is 0 Å². The largest absolute Gasteiger partial charge is 0.466 e. The van der Waals surface area contributed by atoms with Crippen molar-refractivity contribution in [1.82, 2.24) is 0 Å². The molecule has 0 fully saturated rings. The van der Waals surface area contributed by atoms with Crippen LogP contribution in [0.2, 0.25) is 10.0 Å². The molecule has 1 aromatic rings. The molecule has 0 saturated carbocycles. The Balaban J connectivity index is 3.20. The SMILES string of the molecule is CCOC(=O)C(CC=O)C(C)(C)c1ccc(Cl)cc1Cl. The van der Waals surface area contributed by atoms with Gasteiger partial charge in [-0.15, -0.1) is 0 Å². The number of carbonyl (C=O) groups is 2. The number of benzene rings is 1. The first-order valence-corrected chi connectivity index (χ1v) is 7.16. The van der Waals surface area contributed by atoms with Gasteiger partial charge in [0, 0.05) is 21.9 Å². The minimum atomic E-state index is -0.630. The molecule has 0 aliphatic heterocycles. The summed E-state index contributed by atoms with van der Waals surface area (Å²) in [6.45, 7) is 5.75. The van der Waals surface area contributed by atoms with Crippen LogP contribution in [0.3, 0.4) is 0 Å². The van der Waals surface area contributed by atoms with Crippen LogP contribution in [0.5, 0.6) is 0 Å². The molecule has 0 aliphatic carbocycles. The van der Waals surface area contributed by atoms with E-state index < -0.39 is 17.3 Å². The Bertz CT molecular complexity index is 498. The predicted octanol–water partition coefficient (Wildman–Crippen LogP) is 4.04. The number of esters is 1. The molecule has 1 unspecified atom stereocenters. The Morgan fingerprint density at radius 3 is 2.55 bits per heavy atom. The number of halogens is 2. The van der Waals surface area contributed by atoms with Gasteiger partial charge >= 0.3 is 5.97 Å². The Morgan fingerprint density at radius 2 is 2.05 bits per heavy atom. The quantitative estimate of drug-likeness (QED) is 0.587. The molecule has 1 aromatic carbocycles. The van der Waals surface area contributed by atoms with Gasteiger partial charge in [-0.05, 0) is 24.6 Å². The standard InChI is InChI=1S/C15H18Cl2O3/c1-4-20-14(19)12(7-8-18)15(2,3)11-6-5-10(16)9-13(11)17/h5-6,8-9,12H,4,7H2,1-3H3. The van der Waals surface area contributed by atoms with E-state index >= 15 is 0 Å². The number of carbonyl (C=O) groups excluding carboxylic acids is 2. The topological polar surface area (TPSA) is 43.4 Å². The van der Waals surface area contributed by atoms with Crippen LogP contribution in [0.25, 0.3) is 0 Å². The second-order valence-corrected chi connectivity index (χ2v) is 5.90. The summed E-state index contributed by atoms with van der Waals surface area (Å²) >= 11 is 12.1. The number of aldehydes is 1. The second-order valence-electron chi connectivity index (χ2n) is 5.05. The van der Waals surface area contributed by atoms with Gasteiger partial charge in [0.2, 0.25) is 0 Å². The van der Waals surface area contributed by atoms with Crippen molar-refractivity contribution in [2.75, 3.05) is 6.61 Å². The molecule has 0 bridgehead atoms. The lowest BCUT2D eigenvalue weighted by molar-refractivity contribution is -0.151. The van der Waals surface area contributed by atoms with Crippen LogP contribution in [0.1, 0.15) is 32.8 Å². The molecular formula is C15H18Cl2O3. The fourth-order valence-electron chi connectivity index (χ4n) is 2.22. The zero-order valence-corrected chi connectivity index (χ0v) is 13.3. The maximum atomic E-state index is 12.1. The van der Waals surface area contributed by atoms with Crippen LogP contribution in [-0.4, -0.2) is 18.9 Å². The van der Waals surface area contributed by atoms with Crippen LogP contribution in [-0.2, 0) is 19.7 Å². The first kappa shape index (κ1) is 17.0. The molecule has 1 atom stereocenters. The van der Waals surface area contributed by atoms with Crippen LogP contribution in [0.4, 0.5) is 0 Å². The van der Waals surface area contributed by atoms with E-state index in [4.69, 9.17) is 27.9 Å². The van der Waals surface area contributed by atoms with Crippen LogP contribution < -0.4 is 0 Å². The van der Waals surface area contributed by atoms with Crippen molar-refractivity contribution in [2.45, 2.75) is 32.6 Å². The van der Waals surface area contributed by atoms with Gasteiger partial charge in [0.25, 0.3) is 0 Å². The van der Waals surface area contributed by atoms with E-state index in [9.17, 15) is 9.59 Å². The van der Waals surface area contributed by atoms with Gasteiger partial charge in [0.1, 0.15) is 6.29 Å². The third-order valence-corrected chi connectivity index (χ3v) is 3.95. The molecular weight excluding hydrogens is 299 g/mol. The first-order valence-electron chi connectivity index (χ1n) is 6.40. The molecule has 0 aromatic heterocycles. The van der Waals surface area contributed by atoms with Gasteiger partial charge in [-0.2, -0.15) is 0 Å². The highest BCUT2D eigenvalue weighted by molar-refractivity contribution is 6.35. The molecule has 0 radical (unpaired) electrons. The predicted molar refractivity (Wildman–Crippen MR) is 80.3 cm³/mol. The number of rotatable bonds is 6. The van der Waals surface area contributed by atoms with Crippen LogP contribution >= 0.6 is 23.2 Å². The maximum absolute atomic E-state index is 12.1. The molecule has 110 valence electrons. The van der Waals surface area contributed by atoms with Crippen molar-refractivity contribution in [1.29, 1.82) is 0 Å². The third-order valence-electron chi connectivity index (χ3n) is 3.40. The summed E-state index contributed by atoms with van der Waals surface area (Å²) in [5.74, 6) is -0.978. The van der Waals surface area contributed by atoms with E-state index in [2.05, 4.69) is 0 Å². The second kappa shape index (κ2) is 7.09. The summed E-state index contributed by atoms with van der Waals surface area (Å²) < 4.78 is 5.06. The Kier molecular flexibility index (Phi) is 6.03. The molecule has 0 spiro atoms. The van der Waals surface area contributed by atoms with E-state index in [0.717, 1.165) is 11.8 Å². The van der Waals surface area contributed by atoms with Crippen molar-refractivity contribution >= 4 is 35.5 Å². The monoisotopic (exact) mass is 316 g/mol. The van der Waals surface area contributed by atoms with Crippen molar-refractivity contribution < 1.29 is 14.3 Å². The fraction of sp³-hybridized carbons (Fsp3) is 0.467. The summed E-state index contributed by atoms with van der Waals surface area (Å²) in [7, 11) is 0. The lowest BCUT2D eigenvalue weighted by Crippen LogP contribution is -2.36. The number of hydrogen-bond donors (Lipinski definition) is 0. The van der Waals surface area contributed by atoms with Gasteiger partial charge in [-0.3, -0.25) is 4.79 Å². The van der Waals surface area contributed by atoms with E-state index in [0.29, 0.717) is 10.0 Å². The molecule has 5 heteroatoms.